The molecule has 1 N–H and O–H groups in total. The molecule has 6 nitrogen and oxygen atoms in total. The molecule has 1 heterocycles. The van der Waals surface area contributed by atoms with Crippen LogP contribution in [0.5, 0.6) is 0 Å². The van der Waals surface area contributed by atoms with E-state index >= 15 is 4.39 Å². The van der Waals surface area contributed by atoms with Crippen molar-refractivity contribution in [3.63, 3.8) is 0 Å². The molecule has 2 amide bonds. The molecule has 1 fully saturated rings. The van der Waals surface area contributed by atoms with Gasteiger partial charge in [0.1, 0.15) is 11.4 Å². The average Bonchev–Trinajstić information content (AvgIpc) is 2.95. The summed E-state index contributed by atoms with van der Waals surface area (Å²) in [6.07, 6.45) is 0. The standard InChI is InChI=1S/C21H19FN4O2S/c1-12-10-13(7-9-17(12)23-4)25-19(28)21(2,3)26(20(25)29)14-6-8-15(16(22)11-14)18(27)24-5/h6-11H,1-3,5H3,(H,24,27)/i6D,7D,8D,10D,11D. The Kier molecular flexibility index (Phi) is 3.67. The van der Waals surface area contributed by atoms with E-state index in [2.05, 4.69) is 10.2 Å². The van der Waals surface area contributed by atoms with E-state index in [1.807, 2.05) is 0 Å². The molecule has 0 radical (unpaired) electrons. The van der Waals surface area contributed by atoms with Crippen LogP contribution in [-0.4, -0.2) is 29.5 Å². The van der Waals surface area contributed by atoms with E-state index < -0.39 is 52.5 Å². The highest BCUT2D eigenvalue weighted by atomic mass is 32.1. The van der Waals surface area contributed by atoms with Gasteiger partial charge in [0, 0.05) is 18.4 Å². The van der Waals surface area contributed by atoms with Gasteiger partial charge in [-0.1, -0.05) is 6.07 Å². The van der Waals surface area contributed by atoms with Crippen molar-refractivity contribution in [1.82, 2.24) is 5.32 Å². The van der Waals surface area contributed by atoms with Crippen LogP contribution in [0.4, 0.5) is 21.5 Å². The molecule has 2 aromatic carbocycles. The van der Waals surface area contributed by atoms with Crippen molar-refractivity contribution in [2.24, 2.45) is 0 Å². The average molecular weight is 416 g/mol. The van der Waals surface area contributed by atoms with Crippen LogP contribution in [0, 0.1) is 19.3 Å². The third kappa shape index (κ3) is 3.23. The van der Waals surface area contributed by atoms with Gasteiger partial charge < -0.3 is 10.2 Å². The lowest BCUT2D eigenvalue weighted by Crippen LogP contribution is -2.44. The molecule has 1 saturated heterocycles. The number of nitrogens with one attached hydrogen (secondary N) is 1. The van der Waals surface area contributed by atoms with Gasteiger partial charge in [0.2, 0.25) is 0 Å². The van der Waals surface area contributed by atoms with Crippen molar-refractivity contribution in [3.05, 3.63) is 64.6 Å². The van der Waals surface area contributed by atoms with Gasteiger partial charge in [-0.25, -0.2) is 9.24 Å². The highest BCUT2D eigenvalue weighted by Crippen LogP contribution is 2.37. The van der Waals surface area contributed by atoms with Gasteiger partial charge in [-0.2, -0.15) is 0 Å². The number of thiocarbonyl (C=S) groups is 1. The lowest BCUT2D eigenvalue weighted by Gasteiger charge is -2.29. The second-order valence-electron chi connectivity index (χ2n) is 6.69. The predicted octanol–water partition coefficient (Wildman–Crippen LogP) is 3.96. The first-order chi connectivity index (χ1) is 15.7. The smallest absolute Gasteiger partial charge is 0.259 e. The minimum Gasteiger partial charge on any atom is -0.355 e. The Labute approximate surface area is 180 Å². The molecule has 0 aliphatic carbocycles. The summed E-state index contributed by atoms with van der Waals surface area (Å²) in [6, 6.07) is -1.76. The summed E-state index contributed by atoms with van der Waals surface area (Å²) >= 11 is 5.46. The molecular weight excluding hydrogens is 391 g/mol. The fourth-order valence-electron chi connectivity index (χ4n) is 2.89. The fourth-order valence-corrected chi connectivity index (χ4v) is 3.39. The third-order valence-corrected chi connectivity index (χ3v) is 4.84. The van der Waals surface area contributed by atoms with Crippen LogP contribution in [0.25, 0.3) is 4.85 Å². The highest BCUT2D eigenvalue weighted by Gasteiger charge is 2.50. The van der Waals surface area contributed by atoms with Crippen molar-refractivity contribution in [2.75, 3.05) is 16.8 Å². The minimum absolute atomic E-state index is 0.0695. The van der Waals surface area contributed by atoms with Crippen LogP contribution in [0.1, 0.15) is 36.6 Å². The molecule has 29 heavy (non-hydrogen) atoms. The number of amides is 2. The highest BCUT2D eigenvalue weighted by molar-refractivity contribution is 7.81. The molecule has 1 aliphatic heterocycles. The van der Waals surface area contributed by atoms with Gasteiger partial charge in [0.25, 0.3) is 11.8 Å². The maximum absolute atomic E-state index is 15.0. The Morgan fingerprint density at radius 2 is 2.00 bits per heavy atom. The van der Waals surface area contributed by atoms with E-state index in [9.17, 15) is 9.59 Å². The summed E-state index contributed by atoms with van der Waals surface area (Å²) in [7, 11) is 1.22. The predicted molar refractivity (Wildman–Crippen MR) is 114 cm³/mol. The Hall–Kier alpha value is -3.31. The largest absolute Gasteiger partial charge is 0.355 e. The number of rotatable bonds is 3. The van der Waals surface area contributed by atoms with Crippen molar-refractivity contribution in [2.45, 2.75) is 26.3 Å². The van der Waals surface area contributed by atoms with E-state index in [1.165, 1.54) is 33.9 Å². The van der Waals surface area contributed by atoms with Gasteiger partial charge in [-0.05, 0) is 68.8 Å². The molecule has 0 atom stereocenters. The van der Waals surface area contributed by atoms with E-state index in [-0.39, 0.29) is 34.1 Å². The summed E-state index contributed by atoms with van der Waals surface area (Å²) < 4.78 is 56.6. The second kappa shape index (κ2) is 7.26. The van der Waals surface area contributed by atoms with Gasteiger partial charge >= 0.3 is 0 Å². The molecule has 3 rings (SSSR count). The number of hydrogen-bond donors (Lipinski definition) is 1. The number of benzene rings is 2. The van der Waals surface area contributed by atoms with Gasteiger partial charge in [-0.15, -0.1) is 0 Å². The van der Waals surface area contributed by atoms with E-state index in [0.717, 1.165) is 9.80 Å². The summed E-state index contributed by atoms with van der Waals surface area (Å²) in [5.41, 5.74) is -2.76. The fraction of sp³-hybridized carbons (Fsp3) is 0.238. The number of nitrogens with zero attached hydrogens (tertiary/aromatic N) is 3. The summed E-state index contributed by atoms with van der Waals surface area (Å²) in [4.78, 5) is 30.7. The van der Waals surface area contributed by atoms with Crippen LogP contribution in [0.3, 0.4) is 0 Å². The molecule has 0 saturated carbocycles. The lowest BCUT2D eigenvalue weighted by atomic mass is 10.0. The summed E-state index contributed by atoms with van der Waals surface area (Å²) in [5.74, 6) is -3.04. The van der Waals surface area contributed by atoms with Gasteiger partial charge in [-0.3, -0.25) is 14.5 Å². The van der Waals surface area contributed by atoms with Crippen LogP contribution in [-0.2, 0) is 4.79 Å². The van der Waals surface area contributed by atoms with Crippen molar-refractivity contribution in [3.8, 4) is 0 Å². The Bertz CT molecular complexity index is 1310. The first-order valence-corrected chi connectivity index (χ1v) is 8.83. The van der Waals surface area contributed by atoms with Crippen LogP contribution < -0.4 is 15.1 Å². The zero-order valence-electron chi connectivity index (χ0n) is 21.0. The van der Waals surface area contributed by atoms with E-state index in [0.29, 0.717) is 0 Å². The Balaban J connectivity index is 2.30. The quantitative estimate of drug-likeness (QED) is 0.609. The van der Waals surface area contributed by atoms with Crippen LogP contribution in [0.15, 0.2) is 36.3 Å². The molecule has 1 aliphatic rings. The van der Waals surface area contributed by atoms with Crippen molar-refractivity contribution in [1.29, 1.82) is 0 Å². The first-order valence-electron chi connectivity index (χ1n) is 10.9. The topological polar surface area (TPSA) is 57.0 Å². The number of anilines is 2. The zero-order valence-corrected chi connectivity index (χ0v) is 16.8. The van der Waals surface area contributed by atoms with E-state index in [1.54, 1.807) is 0 Å². The molecule has 2 aromatic rings. The Morgan fingerprint density at radius 1 is 1.31 bits per heavy atom. The zero-order chi connectivity index (χ0) is 25.9. The third-order valence-electron chi connectivity index (χ3n) is 4.48. The molecular formula is C21H19FN4O2S. The van der Waals surface area contributed by atoms with Gasteiger partial charge in [0.15, 0.2) is 10.8 Å². The summed E-state index contributed by atoms with van der Waals surface area (Å²) in [6.45, 7) is 11.5. The van der Waals surface area contributed by atoms with Crippen LogP contribution in [0.2, 0.25) is 0 Å². The van der Waals surface area contributed by atoms with Crippen molar-refractivity contribution >= 4 is 46.2 Å². The van der Waals surface area contributed by atoms with Crippen molar-refractivity contribution < 1.29 is 20.8 Å². The minimum atomic E-state index is -1.60. The lowest BCUT2D eigenvalue weighted by molar-refractivity contribution is -0.120. The Morgan fingerprint density at radius 3 is 2.62 bits per heavy atom. The van der Waals surface area contributed by atoms with Crippen LogP contribution >= 0.6 is 12.2 Å². The maximum atomic E-state index is 15.0. The molecule has 0 bridgehead atoms. The normalized spacial score (nSPS) is 17.9. The maximum Gasteiger partial charge on any atom is 0.259 e. The first kappa shape index (κ1) is 14.7. The SMILES string of the molecule is [2H]c1cc([N+]#[C-])c(C)c([2H])c1N1C(=O)C(C)(C)N(c2c([2H])c([2H])c(C(=O)NC)c(F)c2[2H])C1=S. The van der Waals surface area contributed by atoms with E-state index in [4.69, 9.17) is 25.6 Å². The van der Waals surface area contributed by atoms with Gasteiger partial charge in [0.05, 0.1) is 19.0 Å². The molecule has 148 valence electrons. The molecule has 0 spiro atoms. The molecule has 8 heteroatoms. The number of carbonyl (C=O) groups is 2. The molecule has 0 aromatic heterocycles. The number of hydrogen-bond acceptors (Lipinski definition) is 3. The second-order valence-corrected chi connectivity index (χ2v) is 7.06. The monoisotopic (exact) mass is 415 g/mol. The summed E-state index contributed by atoms with van der Waals surface area (Å²) in [5, 5.41) is 1.83. The number of carbonyl (C=O) groups excluding carboxylic acids is 2. The number of halogens is 1. The molecule has 0 unspecified atom stereocenters.